The molecule has 0 N–H and O–H groups in total. The average molecular weight is 508 g/mol. The number of aryl methyl sites for hydroxylation is 1. The molecule has 0 aliphatic heterocycles. The first kappa shape index (κ1) is 25.4. The highest BCUT2D eigenvalue weighted by Gasteiger charge is 2.54. The van der Waals surface area contributed by atoms with Gasteiger partial charge in [-0.05, 0) is 90.7 Å². The summed E-state index contributed by atoms with van der Waals surface area (Å²) in [6, 6.07) is 28.3. The van der Waals surface area contributed by atoms with Crippen molar-refractivity contribution in [1.29, 1.82) is 0 Å². The topological polar surface area (TPSA) is 29.5 Å². The smallest absolute Gasteiger partial charge is 0.139 e. The SMILES string of the molecule is CC12CCC3c4ccc(OCCCN(Cc5ccccc5)Cc5ccccc5)cc4CCC3C1CCC2=O. The van der Waals surface area contributed by atoms with E-state index in [1.54, 1.807) is 0 Å². The highest BCUT2D eigenvalue weighted by Crippen LogP contribution is 2.59. The molecule has 3 aromatic rings. The zero-order valence-electron chi connectivity index (χ0n) is 22.8. The number of ketones is 1. The number of ether oxygens (including phenoxy) is 1. The summed E-state index contributed by atoms with van der Waals surface area (Å²) in [6.45, 7) is 5.88. The Balaban J connectivity index is 1.06. The Bertz CT molecular complexity index is 1200. The third kappa shape index (κ3) is 5.18. The van der Waals surface area contributed by atoms with Crippen molar-refractivity contribution in [3.8, 4) is 5.75 Å². The van der Waals surface area contributed by atoms with E-state index in [0.29, 0.717) is 23.5 Å². The molecule has 0 heterocycles. The van der Waals surface area contributed by atoms with Gasteiger partial charge in [0, 0.05) is 31.5 Å². The molecular formula is C35H41NO2. The van der Waals surface area contributed by atoms with Gasteiger partial charge in [-0.15, -0.1) is 0 Å². The van der Waals surface area contributed by atoms with Gasteiger partial charge in [-0.1, -0.05) is 73.7 Å². The zero-order valence-corrected chi connectivity index (χ0v) is 22.8. The lowest BCUT2D eigenvalue weighted by atomic mass is 9.55. The van der Waals surface area contributed by atoms with E-state index in [4.69, 9.17) is 4.74 Å². The van der Waals surface area contributed by atoms with Crippen molar-refractivity contribution in [3.05, 3.63) is 101 Å². The first-order chi connectivity index (χ1) is 18.6. The fourth-order valence-corrected chi connectivity index (χ4v) is 7.79. The number of carbonyl (C=O) groups excluding carboxylic acids is 1. The maximum Gasteiger partial charge on any atom is 0.139 e. The summed E-state index contributed by atoms with van der Waals surface area (Å²) in [6.07, 6.45) is 7.48. The van der Waals surface area contributed by atoms with Crippen molar-refractivity contribution in [1.82, 2.24) is 4.90 Å². The molecule has 2 saturated carbocycles. The summed E-state index contributed by atoms with van der Waals surface area (Å²) in [4.78, 5) is 15.1. The van der Waals surface area contributed by atoms with Gasteiger partial charge in [-0.2, -0.15) is 0 Å². The molecule has 2 fully saturated rings. The predicted octanol–water partition coefficient (Wildman–Crippen LogP) is 7.58. The van der Waals surface area contributed by atoms with Crippen LogP contribution in [-0.4, -0.2) is 23.8 Å². The van der Waals surface area contributed by atoms with E-state index in [9.17, 15) is 4.79 Å². The highest BCUT2D eigenvalue weighted by molar-refractivity contribution is 5.87. The van der Waals surface area contributed by atoms with E-state index in [1.165, 1.54) is 28.7 Å². The highest BCUT2D eigenvalue weighted by atomic mass is 16.5. The summed E-state index contributed by atoms with van der Waals surface area (Å²) in [7, 11) is 0. The first-order valence-corrected chi connectivity index (χ1v) is 14.7. The van der Waals surface area contributed by atoms with Crippen LogP contribution in [0.4, 0.5) is 0 Å². The number of Topliss-reactive ketones (excluding diaryl/α,β-unsaturated/α-hetero) is 1. The minimum absolute atomic E-state index is 0.0450. The van der Waals surface area contributed by atoms with Crippen LogP contribution < -0.4 is 4.74 Å². The van der Waals surface area contributed by atoms with Crippen molar-refractivity contribution in [2.24, 2.45) is 17.3 Å². The van der Waals surface area contributed by atoms with Gasteiger partial charge in [0.1, 0.15) is 11.5 Å². The lowest BCUT2D eigenvalue weighted by Gasteiger charge is -2.48. The quantitative estimate of drug-likeness (QED) is 0.280. The molecule has 3 aromatic carbocycles. The zero-order chi connectivity index (χ0) is 26.0. The maximum atomic E-state index is 12.6. The summed E-state index contributed by atoms with van der Waals surface area (Å²) in [5, 5.41) is 0. The number of rotatable bonds is 9. The molecular weight excluding hydrogens is 466 g/mol. The monoisotopic (exact) mass is 507 g/mol. The molecule has 0 amide bonds. The lowest BCUT2D eigenvalue weighted by molar-refractivity contribution is -0.129. The summed E-state index contributed by atoms with van der Waals surface area (Å²) in [5.41, 5.74) is 5.67. The Morgan fingerprint density at radius 3 is 2.29 bits per heavy atom. The number of nitrogens with zero attached hydrogens (tertiary/aromatic N) is 1. The fourth-order valence-electron chi connectivity index (χ4n) is 7.79. The maximum absolute atomic E-state index is 12.6. The molecule has 3 aliphatic carbocycles. The molecule has 6 rings (SSSR count). The molecule has 3 aliphatic rings. The number of hydrogen-bond donors (Lipinski definition) is 0. The molecule has 4 atom stereocenters. The Kier molecular flexibility index (Phi) is 7.39. The molecule has 38 heavy (non-hydrogen) atoms. The number of hydrogen-bond acceptors (Lipinski definition) is 3. The molecule has 3 nitrogen and oxygen atoms in total. The second-order valence-corrected chi connectivity index (χ2v) is 12.1. The first-order valence-electron chi connectivity index (χ1n) is 14.7. The van der Waals surface area contributed by atoms with Crippen molar-refractivity contribution >= 4 is 5.78 Å². The molecule has 0 aromatic heterocycles. The molecule has 0 spiro atoms. The molecule has 0 radical (unpaired) electrons. The minimum atomic E-state index is -0.0450. The Morgan fingerprint density at radius 2 is 1.58 bits per heavy atom. The molecule has 0 bridgehead atoms. The van der Waals surface area contributed by atoms with Crippen molar-refractivity contribution < 1.29 is 9.53 Å². The van der Waals surface area contributed by atoms with E-state index >= 15 is 0 Å². The van der Waals surface area contributed by atoms with Crippen LogP contribution in [0.5, 0.6) is 5.75 Å². The molecule has 3 heteroatoms. The number of carbonyl (C=O) groups is 1. The summed E-state index contributed by atoms with van der Waals surface area (Å²) in [5.74, 6) is 3.44. The molecule has 0 saturated heterocycles. The van der Waals surface area contributed by atoms with Gasteiger partial charge in [-0.3, -0.25) is 9.69 Å². The summed E-state index contributed by atoms with van der Waals surface area (Å²) < 4.78 is 6.29. The van der Waals surface area contributed by atoms with Gasteiger partial charge < -0.3 is 4.74 Å². The van der Waals surface area contributed by atoms with Crippen LogP contribution in [0.15, 0.2) is 78.9 Å². The van der Waals surface area contributed by atoms with E-state index in [2.05, 4.69) is 90.7 Å². The van der Waals surface area contributed by atoms with E-state index in [1.807, 2.05) is 0 Å². The second kappa shape index (κ2) is 11.1. The molecule has 198 valence electrons. The van der Waals surface area contributed by atoms with Gasteiger partial charge in [0.25, 0.3) is 0 Å². The average Bonchev–Trinajstić information content (AvgIpc) is 3.26. The largest absolute Gasteiger partial charge is 0.494 e. The van der Waals surface area contributed by atoms with Crippen LogP contribution in [0.3, 0.4) is 0 Å². The van der Waals surface area contributed by atoms with Gasteiger partial charge >= 0.3 is 0 Å². The van der Waals surface area contributed by atoms with E-state index < -0.39 is 0 Å². The number of benzene rings is 3. The van der Waals surface area contributed by atoms with Crippen LogP contribution in [0.2, 0.25) is 0 Å². The summed E-state index contributed by atoms with van der Waals surface area (Å²) >= 11 is 0. The normalized spacial score (nSPS) is 26.1. The van der Waals surface area contributed by atoms with Crippen LogP contribution >= 0.6 is 0 Å². The van der Waals surface area contributed by atoms with Gasteiger partial charge in [0.15, 0.2) is 0 Å². The standard InChI is InChI=1S/C35H41NO2/c1-35-20-19-31-30-16-14-29(23-28(30)13-15-32(31)33(35)17-18-34(35)37)38-22-8-21-36(24-26-9-4-2-5-10-26)25-27-11-6-3-7-12-27/h2-7,9-12,14,16,23,31-33H,8,13,15,17-22,24-25H2,1H3. The van der Waals surface area contributed by atoms with E-state index in [-0.39, 0.29) is 5.41 Å². The van der Waals surface area contributed by atoms with Crippen LogP contribution in [0, 0.1) is 17.3 Å². The third-order valence-corrected chi connectivity index (χ3v) is 9.79. The van der Waals surface area contributed by atoms with Crippen molar-refractivity contribution in [3.63, 3.8) is 0 Å². The number of fused-ring (bicyclic) bond motifs is 5. The van der Waals surface area contributed by atoms with Gasteiger partial charge in [-0.25, -0.2) is 0 Å². The van der Waals surface area contributed by atoms with Crippen LogP contribution in [0.1, 0.15) is 73.6 Å². The Labute approximate surface area is 228 Å². The Morgan fingerprint density at radius 1 is 0.868 bits per heavy atom. The van der Waals surface area contributed by atoms with E-state index in [0.717, 1.165) is 70.5 Å². The predicted molar refractivity (Wildman–Crippen MR) is 153 cm³/mol. The van der Waals surface area contributed by atoms with Crippen LogP contribution in [-0.2, 0) is 24.3 Å². The Hall–Kier alpha value is -2.91. The minimum Gasteiger partial charge on any atom is -0.494 e. The van der Waals surface area contributed by atoms with Crippen molar-refractivity contribution in [2.45, 2.75) is 70.9 Å². The molecule has 4 unspecified atom stereocenters. The third-order valence-electron chi connectivity index (χ3n) is 9.79. The lowest BCUT2D eigenvalue weighted by Crippen LogP contribution is -2.42. The van der Waals surface area contributed by atoms with Gasteiger partial charge in [0.2, 0.25) is 0 Å². The van der Waals surface area contributed by atoms with Crippen molar-refractivity contribution in [2.75, 3.05) is 13.2 Å². The van der Waals surface area contributed by atoms with Crippen LogP contribution in [0.25, 0.3) is 0 Å². The fraction of sp³-hybridized carbons (Fsp3) is 0.457. The van der Waals surface area contributed by atoms with Gasteiger partial charge in [0.05, 0.1) is 6.61 Å². The second-order valence-electron chi connectivity index (χ2n) is 12.1.